The second-order valence-corrected chi connectivity index (χ2v) is 4.86. The smallest absolute Gasteiger partial charge is 0.323 e. The van der Waals surface area contributed by atoms with Gasteiger partial charge in [-0.05, 0) is 26.2 Å². The van der Waals surface area contributed by atoms with Crippen molar-refractivity contribution < 1.29 is 14.7 Å². The van der Waals surface area contributed by atoms with Crippen LogP contribution in [0.1, 0.15) is 59.8 Å². The standard InChI is InChI=1S/C14H27NO3/c1-5-8-9-12(7-3)14(18)15(10-13(16)17)11(4)6-2/h11-12H,5-10H2,1-4H3,(H,16,17). The molecule has 0 saturated carbocycles. The second-order valence-electron chi connectivity index (χ2n) is 4.86. The first kappa shape index (κ1) is 16.9. The lowest BCUT2D eigenvalue weighted by Gasteiger charge is -2.30. The fraction of sp³-hybridized carbons (Fsp3) is 0.857. The molecule has 18 heavy (non-hydrogen) atoms. The van der Waals surface area contributed by atoms with Crippen LogP contribution in [0.4, 0.5) is 0 Å². The Morgan fingerprint density at radius 2 is 1.78 bits per heavy atom. The summed E-state index contributed by atoms with van der Waals surface area (Å²) in [5.41, 5.74) is 0. The van der Waals surface area contributed by atoms with E-state index < -0.39 is 5.97 Å². The molecule has 0 aliphatic heterocycles. The van der Waals surface area contributed by atoms with E-state index in [2.05, 4.69) is 6.92 Å². The van der Waals surface area contributed by atoms with E-state index in [4.69, 9.17) is 5.11 Å². The van der Waals surface area contributed by atoms with Gasteiger partial charge in [0.05, 0.1) is 0 Å². The number of hydrogen-bond acceptors (Lipinski definition) is 2. The maximum Gasteiger partial charge on any atom is 0.323 e. The molecular formula is C14H27NO3. The van der Waals surface area contributed by atoms with E-state index in [1.54, 1.807) is 0 Å². The lowest BCUT2D eigenvalue weighted by molar-refractivity contribution is -0.148. The highest BCUT2D eigenvalue weighted by molar-refractivity contribution is 5.83. The number of carbonyl (C=O) groups excluding carboxylic acids is 1. The van der Waals surface area contributed by atoms with Gasteiger partial charge in [0, 0.05) is 12.0 Å². The molecule has 1 N–H and O–H groups in total. The number of nitrogens with zero attached hydrogens (tertiary/aromatic N) is 1. The minimum Gasteiger partial charge on any atom is -0.480 e. The van der Waals surface area contributed by atoms with Crippen LogP contribution >= 0.6 is 0 Å². The molecule has 0 radical (unpaired) electrons. The van der Waals surface area contributed by atoms with Gasteiger partial charge in [-0.15, -0.1) is 0 Å². The molecule has 2 atom stereocenters. The molecule has 0 aromatic carbocycles. The number of unbranched alkanes of at least 4 members (excludes halogenated alkanes) is 1. The Balaban J connectivity index is 4.73. The van der Waals surface area contributed by atoms with Crippen LogP contribution in [0.15, 0.2) is 0 Å². The van der Waals surface area contributed by atoms with Crippen molar-refractivity contribution in [2.45, 2.75) is 65.8 Å². The van der Waals surface area contributed by atoms with Gasteiger partial charge in [-0.1, -0.05) is 33.6 Å². The molecule has 0 heterocycles. The van der Waals surface area contributed by atoms with E-state index in [-0.39, 0.29) is 24.4 Å². The van der Waals surface area contributed by atoms with Crippen molar-refractivity contribution in [3.63, 3.8) is 0 Å². The molecule has 1 amide bonds. The Kier molecular flexibility index (Phi) is 8.42. The van der Waals surface area contributed by atoms with Crippen molar-refractivity contribution >= 4 is 11.9 Å². The summed E-state index contributed by atoms with van der Waals surface area (Å²) >= 11 is 0. The van der Waals surface area contributed by atoms with Crippen LogP contribution < -0.4 is 0 Å². The van der Waals surface area contributed by atoms with E-state index in [9.17, 15) is 9.59 Å². The normalized spacial score (nSPS) is 14.0. The number of carboxylic acid groups (broad SMARTS) is 1. The summed E-state index contributed by atoms with van der Waals surface area (Å²) in [5, 5.41) is 8.91. The largest absolute Gasteiger partial charge is 0.480 e. The van der Waals surface area contributed by atoms with Gasteiger partial charge < -0.3 is 10.0 Å². The third-order valence-electron chi connectivity index (χ3n) is 3.46. The molecule has 0 spiro atoms. The number of amides is 1. The molecule has 0 bridgehead atoms. The number of carboxylic acids is 1. The van der Waals surface area contributed by atoms with E-state index in [1.807, 2.05) is 20.8 Å². The highest BCUT2D eigenvalue weighted by atomic mass is 16.4. The summed E-state index contributed by atoms with van der Waals surface area (Å²) in [6, 6.07) is -0.00993. The maximum atomic E-state index is 12.4. The topological polar surface area (TPSA) is 57.6 Å². The average Bonchev–Trinajstić information content (AvgIpc) is 2.35. The van der Waals surface area contributed by atoms with Crippen LogP contribution in [0.3, 0.4) is 0 Å². The first-order chi connectivity index (χ1) is 8.47. The third-order valence-corrected chi connectivity index (χ3v) is 3.46. The zero-order chi connectivity index (χ0) is 14.1. The van der Waals surface area contributed by atoms with Crippen LogP contribution in [0.2, 0.25) is 0 Å². The molecular weight excluding hydrogens is 230 g/mol. The van der Waals surface area contributed by atoms with Crippen LogP contribution in [0.25, 0.3) is 0 Å². The highest BCUT2D eigenvalue weighted by Crippen LogP contribution is 2.18. The van der Waals surface area contributed by atoms with Crippen molar-refractivity contribution in [1.82, 2.24) is 4.90 Å². The number of carbonyl (C=O) groups is 2. The Morgan fingerprint density at radius 1 is 1.17 bits per heavy atom. The Bertz CT molecular complexity index is 266. The van der Waals surface area contributed by atoms with E-state index in [0.717, 1.165) is 32.1 Å². The molecule has 0 saturated heterocycles. The zero-order valence-corrected chi connectivity index (χ0v) is 12.1. The fourth-order valence-corrected chi connectivity index (χ4v) is 2.00. The lowest BCUT2D eigenvalue weighted by atomic mass is 9.97. The van der Waals surface area contributed by atoms with Crippen LogP contribution in [0, 0.1) is 5.92 Å². The predicted molar refractivity (Wildman–Crippen MR) is 72.4 cm³/mol. The monoisotopic (exact) mass is 257 g/mol. The summed E-state index contributed by atoms with van der Waals surface area (Å²) in [5.74, 6) is -0.963. The van der Waals surface area contributed by atoms with Gasteiger partial charge in [-0.2, -0.15) is 0 Å². The highest BCUT2D eigenvalue weighted by Gasteiger charge is 2.27. The molecule has 106 valence electrons. The van der Waals surface area contributed by atoms with E-state index in [0.29, 0.717) is 0 Å². The molecule has 0 aliphatic rings. The van der Waals surface area contributed by atoms with Gasteiger partial charge in [0.2, 0.25) is 5.91 Å². The second kappa shape index (κ2) is 8.95. The van der Waals surface area contributed by atoms with Gasteiger partial charge in [0.1, 0.15) is 6.54 Å². The van der Waals surface area contributed by atoms with Crippen molar-refractivity contribution in [2.24, 2.45) is 5.92 Å². The summed E-state index contributed by atoms with van der Waals surface area (Å²) in [7, 11) is 0. The predicted octanol–water partition coefficient (Wildman–Crippen LogP) is 2.91. The number of hydrogen-bond donors (Lipinski definition) is 1. The van der Waals surface area contributed by atoms with Gasteiger partial charge in [-0.3, -0.25) is 9.59 Å². The Labute approximate surface area is 110 Å². The number of rotatable bonds is 9. The molecule has 4 nitrogen and oxygen atoms in total. The summed E-state index contributed by atoms with van der Waals surface area (Å²) in [6.07, 6.45) is 4.50. The van der Waals surface area contributed by atoms with E-state index >= 15 is 0 Å². The SMILES string of the molecule is CCCCC(CC)C(=O)N(CC(=O)O)C(C)CC. The van der Waals surface area contributed by atoms with Crippen LogP contribution in [-0.4, -0.2) is 34.5 Å². The fourth-order valence-electron chi connectivity index (χ4n) is 2.00. The average molecular weight is 257 g/mol. The summed E-state index contributed by atoms with van der Waals surface area (Å²) in [4.78, 5) is 24.8. The minimum atomic E-state index is -0.936. The Hall–Kier alpha value is -1.06. The van der Waals surface area contributed by atoms with Crippen molar-refractivity contribution in [3.8, 4) is 0 Å². The summed E-state index contributed by atoms with van der Waals surface area (Å²) < 4.78 is 0. The van der Waals surface area contributed by atoms with E-state index in [1.165, 1.54) is 4.90 Å². The lowest BCUT2D eigenvalue weighted by Crippen LogP contribution is -2.44. The maximum absolute atomic E-state index is 12.4. The van der Waals surface area contributed by atoms with Gasteiger partial charge in [-0.25, -0.2) is 0 Å². The first-order valence-corrected chi connectivity index (χ1v) is 7.00. The molecule has 0 aromatic heterocycles. The molecule has 2 unspecified atom stereocenters. The minimum absolute atomic E-state index is 0.00250. The molecule has 0 aliphatic carbocycles. The summed E-state index contributed by atoms with van der Waals surface area (Å²) in [6.45, 7) is 7.79. The molecule has 0 rings (SSSR count). The van der Waals surface area contributed by atoms with Crippen molar-refractivity contribution in [1.29, 1.82) is 0 Å². The Morgan fingerprint density at radius 3 is 2.17 bits per heavy atom. The zero-order valence-electron chi connectivity index (χ0n) is 12.1. The van der Waals surface area contributed by atoms with Crippen molar-refractivity contribution in [3.05, 3.63) is 0 Å². The molecule has 0 fully saturated rings. The molecule has 4 heteroatoms. The van der Waals surface area contributed by atoms with Gasteiger partial charge in [0.25, 0.3) is 0 Å². The van der Waals surface area contributed by atoms with Crippen LogP contribution in [-0.2, 0) is 9.59 Å². The number of aliphatic carboxylic acids is 1. The van der Waals surface area contributed by atoms with Crippen molar-refractivity contribution in [2.75, 3.05) is 6.54 Å². The van der Waals surface area contributed by atoms with Gasteiger partial charge >= 0.3 is 5.97 Å². The quantitative estimate of drug-likeness (QED) is 0.691. The van der Waals surface area contributed by atoms with Gasteiger partial charge in [0.15, 0.2) is 0 Å². The first-order valence-electron chi connectivity index (χ1n) is 7.00. The van der Waals surface area contributed by atoms with Crippen LogP contribution in [0.5, 0.6) is 0 Å². The molecule has 0 aromatic rings. The third kappa shape index (κ3) is 5.52.